The van der Waals surface area contributed by atoms with Crippen LogP contribution < -0.4 is 5.73 Å². The largest absolute Gasteiger partial charge is 0.389 e. The van der Waals surface area contributed by atoms with Crippen molar-refractivity contribution in [2.75, 3.05) is 19.8 Å². The molecule has 0 aliphatic heterocycles. The minimum atomic E-state index is -0.498. The quantitative estimate of drug-likeness (QED) is 0.553. The lowest BCUT2D eigenvalue weighted by atomic mass is 10.1. The molecular formula is C8H19NO2. The summed E-state index contributed by atoms with van der Waals surface area (Å²) in [7, 11) is 0. The maximum absolute atomic E-state index is 8.97. The Bertz CT molecular complexity index is 86.2. The number of hydrogen-bond acceptors (Lipinski definition) is 3. The van der Waals surface area contributed by atoms with Crippen molar-refractivity contribution in [3.63, 3.8) is 0 Å². The van der Waals surface area contributed by atoms with Crippen molar-refractivity contribution < 1.29 is 9.84 Å². The van der Waals surface area contributed by atoms with Crippen molar-refractivity contribution in [2.45, 2.75) is 26.4 Å². The molecule has 0 amide bonds. The van der Waals surface area contributed by atoms with Crippen LogP contribution in [0, 0.1) is 5.92 Å². The summed E-state index contributed by atoms with van der Waals surface area (Å²) in [6.45, 7) is 5.64. The zero-order chi connectivity index (χ0) is 8.69. The minimum Gasteiger partial charge on any atom is -0.389 e. The summed E-state index contributed by atoms with van der Waals surface area (Å²) in [6, 6.07) is 0. The SMILES string of the molecule is CC(C)CCOCC(O)CN. The Kier molecular flexibility index (Phi) is 6.51. The average Bonchev–Trinajstić information content (AvgIpc) is 1.97. The highest BCUT2D eigenvalue weighted by molar-refractivity contribution is 4.52. The van der Waals surface area contributed by atoms with Crippen molar-refractivity contribution in [3.8, 4) is 0 Å². The highest BCUT2D eigenvalue weighted by atomic mass is 16.5. The van der Waals surface area contributed by atoms with E-state index in [0.29, 0.717) is 19.1 Å². The van der Waals surface area contributed by atoms with E-state index in [1.54, 1.807) is 0 Å². The fourth-order valence-electron chi connectivity index (χ4n) is 0.606. The molecule has 0 fully saturated rings. The smallest absolute Gasteiger partial charge is 0.0895 e. The first-order valence-electron chi connectivity index (χ1n) is 4.12. The van der Waals surface area contributed by atoms with Gasteiger partial charge in [-0.2, -0.15) is 0 Å². The highest BCUT2D eigenvalue weighted by Crippen LogP contribution is 1.98. The molecule has 0 rings (SSSR count). The molecule has 0 aromatic rings. The Morgan fingerprint density at radius 1 is 1.45 bits per heavy atom. The summed E-state index contributed by atoms with van der Waals surface area (Å²) in [5.74, 6) is 0.657. The second-order valence-corrected chi connectivity index (χ2v) is 3.15. The van der Waals surface area contributed by atoms with Gasteiger partial charge in [-0.05, 0) is 12.3 Å². The molecule has 11 heavy (non-hydrogen) atoms. The number of rotatable bonds is 6. The minimum absolute atomic E-state index is 0.279. The first-order valence-corrected chi connectivity index (χ1v) is 4.12. The van der Waals surface area contributed by atoms with Gasteiger partial charge < -0.3 is 15.6 Å². The molecule has 0 aromatic heterocycles. The van der Waals surface area contributed by atoms with Crippen molar-refractivity contribution in [1.29, 1.82) is 0 Å². The predicted octanol–water partition coefficient (Wildman–Crippen LogP) is 0.369. The standard InChI is InChI=1S/C8H19NO2/c1-7(2)3-4-11-6-8(10)5-9/h7-8,10H,3-6,9H2,1-2H3. The Hall–Kier alpha value is -0.120. The van der Waals surface area contributed by atoms with Crippen LogP contribution in [0.4, 0.5) is 0 Å². The van der Waals surface area contributed by atoms with Gasteiger partial charge in [0, 0.05) is 13.2 Å². The molecule has 1 unspecified atom stereocenters. The summed E-state index contributed by atoms with van der Waals surface area (Å²) in [5, 5.41) is 8.97. The molecule has 3 heteroatoms. The number of aliphatic hydroxyl groups is 1. The van der Waals surface area contributed by atoms with E-state index in [0.717, 1.165) is 6.42 Å². The highest BCUT2D eigenvalue weighted by Gasteiger charge is 2.00. The second kappa shape index (κ2) is 6.58. The van der Waals surface area contributed by atoms with Crippen LogP contribution in [0.15, 0.2) is 0 Å². The average molecular weight is 161 g/mol. The van der Waals surface area contributed by atoms with E-state index in [9.17, 15) is 0 Å². The lowest BCUT2D eigenvalue weighted by molar-refractivity contribution is 0.0370. The molecule has 0 aliphatic carbocycles. The monoisotopic (exact) mass is 161 g/mol. The molecule has 1 atom stereocenters. The van der Waals surface area contributed by atoms with Gasteiger partial charge in [-0.3, -0.25) is 0 Å². The Labute approximate surface area is 68.5 Å². The summed E-state index contributed by atoms with van der Waals surface area (Å²) >= 11 is 0. The number of aliphatic hydroxyl groups excluding tert-OH is 1. The normalized spacial score (nSPS) is 13.9. The Morgan fingerprint density at radius 3 is 2.55 bits per heavy atom. The topological polar surface area (TPSA) is 55.5 Å². The molecule has 0 saturated heterocycles. The van der Waals surface area contributed by atoms with Crippen LogP contribution >= 0.6 is 0 Å². The maximum atomic E-state index is 8.97. The van der Waals surface area contributed by atoms with E-state index in [1.165, 1.54) is 0 Å². The van der Waals surface area contributed by atoms with E-state index in [1.807, 2.05) is 0 Å². The van der Waals surface area contributed by atoms with E-state index in [2.05, 4.69) is 13.8 Å². The summed E-state index contributed by atoms with van der Waals surface area (Å²) in [6.07, 6.45) is 0.541. The first kappa shape index (κ1) is 10.9. The fraction of sp³-hybridized carbons (Fsp3) is 1.00. The molecule has 3 N–H and O–H groups in total. The van der Waals surface area contributed by atoms with Crippen LogP contribution in [-0.2, 0) is 4.74 Å². The molecule has 0 bridgehead atoms. The van der Waals surface area contributed by atoms with Gasteiger partial charge in [-0.15, -0.1) is 0 Å². The Balaban J connectivity index is 3.01. The van der Waals surface area contributed by atoms with Gasteiger partial charge in [0.25, 0.3) is 0 Å². The van der Waals surface area contributed by atoms with E-state index >= 15 is 0 Å². The van der Waals surface area contributed by atoms with Crippen LogP contribution in [0.3, 0.4) is 0 Å². The van der Waals surface area contributed by atoms with E-state index < -0.39 is 6.10 Å². The molecule has 0 aliphatic rings. The number of hydrogen-bond donors (Lipinski definition) is 2. The lowest BCUT2D eigenvalue weighted by Crippen LogP contribution is -2.25. The van der Waals surface area contributed by atoms with E-state index in [-0.39, 0.29) is 6.54 Å². The maximum Gasteiger partial charge on any atom is 0.0895 e. The van der Waals surface area contributed by atoms with Crippen molar-refractivity contribution in [2.24, 2.45) is 11.7 Å². The predicted molar refractivity (Wildman–Crippen MR) is 45.3 cm³/mol. The van der Waals surface area contributed by atoms with Gasteiger partial charge in [-0.1, -0.05) is 13.8 Å². The molecule has 0 saturated carbocycles. The zero-order valence-corrected chi connectivity index (χ0v) is 7.42. The van der Waals surface area contributed by atoms with Gasteiger partial charge in [0.1, 0.15) is 0 Å². The number of nitrogens with two attached hydrogens (primary N) is 1. The molecular weight excluding hydrogens is 142 g/mol. The van der Waals surface area contributed by atoms with Gasteiger partial charge >= 0.3 is 0 Å². The van der Waals surface area contributed by atoms with Crippen molar-refractivity contribution in [3.05, 3.63) is 0 Å². The van der Waals surface area contributed by atoms with Crippen LogP contribution in [0.25, 0.3) is 0 Å². The molecule has 0 aromatic carbocycles. The molecule has 0 radical (unpaired) electrons. The summed E-state index contributed by atoms with van der Waals surface area (Å²) in [4.78, 5) is 0. The van der Waals surface area contributed by atoms with Gasteiger partial charge in [0.15, 0.2) is 0 Å². The fourth-order valence-corrected chi connectivity index (χ4v) is 0.606. The summed E-state index contributed by atoms with van der Waals surface area (Å²) < 4.78 is 5.17. The molecule has 3 nitrogen and oxygen atoms in total. The molecule has 0 heterocycles. The van der Waals surface area contributed by atoms with Crippen molar-refractivity contribution >= 4 is 0 Å². The van der Waals surface area contributed by atoms with Crippen LogP contribution in [0.5, 0.6) is 0 Å². The third kappa shape index (κ3) is 7.78. The Morgan fingerprint density at radius 2 is 2.09 bits per heavy atom. The van der Waals surface area contributed by atoms with Gasteiger partial charge in [-0.25, -0.2) is 0 Å². The lowest BCUT2D eigenvalue weighted by Gasteiger charge is -2.09. The van der Waals surface area contributed by atoms with Crippen molar-refractivity contribution in [1.82, 2.24) is 0 Å². The van der Waals surface area contributed by atoms with Crippen LogP contribution in [0.2, 0.25) is 0 Å². The summed E-state index contributed by atoms with van der Waals surface area (Å²) in [5.41, 5.74) is 5.18. The zero-order valence-electron chi connectivity index (χ0n) is 7.42. The molecule has 0 spiro atoms. The van der Waals surface area contributed by atoms with E-state index in [4.69, 9.17) is 15.6 Å². The van der Waals surface area contributed by atoms with Crippen LogP contribution in [-0.4, -0.2) is 31.0 Å². The first-order chi connectivity index (χ1) is 5.16. The third-order valence-electron chi connectivity index (χ3n) is 1.42. The van der Waals surface area contributed by atoms with Gasteiger partial charge in [0.2, 0.25) is 0 Å². The third-order valence-corrected chi connectivity index (χ3v) is 1.42. The second-order valence-electron chi connectivity index (χ2n) is 3.15. The molecule has 68 valence electrons. The van der Waals surface area contributed by atoms with Crippen LogP contribution in [0.1, 0.15) is 20.3 Å². The number of ether oxygens (including phenoxy) is 1. The van der Waals surface area contributed by atoms with Gasteiger partial charge in [0.05, 0.1) is 12.7 Å².